The molecule has 1 unspecified atom stereocenters. The second-order valence-electron chi connectivity index (χ2n) is 8.97. The summed E-state index contributed by atoms with van der Waals surface area (Å²) >= 11 is 0.936. The van der Waals surface area contributed by atoms with Crippen LogP contribution in [0.2, 0.25) is 0 Å². The topological polar surface area (TPSA) is 115 Å². The molecule has 0 spiro atoms. The van der Waals surface area contributed by atoms with E-state index in [9.17, 15) is 19.5 Å². The summed E-state index contributed by atoms with van der Waals surface area (Å²) < 4.78 is 16.2. The predicted octanol–water partition coefficient (Wildman–Crippen LogP) is 5.61. The van der Waals surface area contributed by atoms with Gasteiger partial charge in [0, 0.05) is 5.56 Å². The van der Waals surface area contributed by atoms with Crippen LogP contribution in [0.25, 0.3) is 5.76 Å². The molecule has 208 valence electrons. The van der Waals surface area contributed by atoms with E-state index in [1.54, 1.807) is 55.5 Å². The fourth-order valence-corrected chi connectivity index (χ4v) is 5.22. The Morgan fingerprint density at radius 2 is 1.93 bits per heavy atom. The van der Waals surface area contributed by atoms with Crippen molar-refractivity contribution in [1.29, 1.82) is 0 Å². The highest BCUT2D eigenvalue weighted by molar-refractivity contribution is 7.17. The van der Waals surface area contributed by atoms with Crippen molar-refractivity contribution in [2.75, 3.05) is 25.2 Å². The third-order valence-electron chi connectivity index (χ3n) is 6.26. The number of hydrogen-bond donors (Lipinski definition) is 1. The molecule has 4 rings (SSSR count). The van der Waals surface area contributed by atoms with Gasteiger partial charge in [-0.25, -0.2) is 9.78 Å². The molecule has 2 heterocycles. The molecule has 1 amide bonds. The fourth-order valence-electron chi connectivity index (χ4n) is 4.23. The number of thiazole rings is 1. The predicted molar refractivity (Wildman–Crippen MR) is 152 cm³/mol. The van der Waals surface area contributed by atoms with E-state index in [2.05, 4.69) is 18.5 Å². The number of hydrogen-bond acceptors (Lipinski definition) is 9. The van der Waals surface area contributed by atoms with E-state index in [1.807, 2.05) is 0 Å². The Morgan fingerprint density at radius 3 is 2.60 bits per heavy atom. The molecule has 40 heavy (non-hydrogen) atoms. The Labute approximate surface area is 236 Å². The molecule has 9 nitrogen and oxygen atoms in total. The Bertz CT molecular complexity index is 1460. The largest absolute Gasteiger partial charge is 0.507 e. The summed E-state index contributed by atoms with van der Waals surface area (Å²) in [6.07, 6.45) is 3.27. The van der Waals surface area contributed by atoms with Gasteiger partial charge >= 0.3 is 11.9 Å². The highest BCUT2D eigenvalue weighted by Crippen LogP contribution is 2.44. The van der Waals surface area contributed by atoms with E-state index in [4.69, 9.17) is 14.2 Å². The normalized spacial score (nSPS) is 16.2. The number of ether oxygens (including phenoxy) is 3. The van der Waals surface area contributed by atoms with Gasteiger partial charge in [0.1, 0.15) is 28.7 Å². The molecule has 1 N–H and O–H groups in total. The summed E-state index contributed by atoms with van der Waals surface area (Å²) in [7, 11) is 1.52. The first-order valence-electron chi connectivity index (χ1n) is 12.7. The van der Waals surface area contributed by atoms with Gasteiger partial charge in [-0.15, -0.1) is 0 Å². The number of carbonyl (C=O) groups excluding carboxylic acids is 3. The number of unbranched alkanes of at least 4 members (excludes halogenated alkanes) is 1. The smallest absolute Gasteiger partial charge is 0.350 e. The van der Waals surface area contributed by atoms with Crippen molar-refractivity contribution in [3.63, 3.8) is 0 Å². The number of aliphatic hydroxyl groups is 1. The highest BCUT2D eigenvalue weighted by Gasteiger charge is 2.48. The third-order valence-corrected chi connectivity index (χ3v) is 7.39. The minimum absolute atomic E-state index is 0.0166. The number of aliphatic hydroxyl groups excluding tert-OH is 1. The number of rotatable bonds is 11. The Balaban J connectivity index is 1.85. The maximum Gasteiger partial charge on any atom is 0.350 e. The molecule has 0 radical (unpaired) electrons. The van der Waals surface area contributed by atoms with Gasteiger partial charge in [-0.1, -0.05) is 49.5 Å². The summed E-state index contributed by atoms with van der Waals surface area (Å²) in [6.45, 7) is 7.75. The molecule has 1 atom stereocenters. The first-order valence-corrected chi connectivity index (χ1v) is 13.6. The second-order valence-corrected chi connectivity index (χ2v) is 9.95. The van der Waals surface area contributed by atoms with E-state index in [0.29, 0.717) is 34.9 Å². The van der Waals surface area contributed by atoms with Crippen molar-refractivity contribution in [1.82, 2.24) is 4.98 Å². The number of aryl methyl sites for hydroxylation is 1. The average molecular weight is 563 g/mol. The van der Waals surface area contributed by atoms with Gasteiger partial charge in [0.15, 0.2) is 5.13 Å². The third kappa shape index (κ3) is 5.76. The fraction of sp³-hybridized carbons (Fsp3) is 0.267. The van der Waals surface area contributed by atoms with Crippen LogP contribution in [0.5, 0.6) is 11.5 Å². The minimum Gasteiger partial charge on any atom is -0.507 e. The second kappa shape index (κ2) is 12.6. The van der Waals surface area contributed by atoms with Crippen LogP contribution in [-0.2, 0) is 14.3 Å². The number of carbonyl (C=O) groups is 3. The van der Waals surface area contributed by atoms with Crippen LogP contribution >= 0.6 is 11.3 Å². The number of benzene rings is 2. The molecule has 10 heteroatoms. The summed E-state index contributed by atoms with van der Waals surface area (Å²) in [5, 5.41) is 11.5. The molecule has 0 bridgehead atoms. The van der Waals surface area contributed by atoms with Crippen LogP contribution < -0.4 is 14.4 Å². The van der Waals surface area contributed by atoms with E-state index >= 15 is 0 Å². The number of ketones is 1. The van der Waals surface area contributed by atoms with Crippen molar-refractivity contribution in [3.8, 4) is 11.5 Å². The molecule has 0 saturated carbocycles. The molecule has 1 aliphatic heterocycles. The van der Waals surface area contributed by atoms with Crippen molar-refractivity contribution < 1.29 is 33.7 Å². The molecule has 1 fully saturated rings. The standard InChI is InChI=1S/C30H30N2O7S/c1-5-7-16-38-22-10-8-9-20(17-22)24-23(25(33)19-11-13-21(37-4)14-12-19)26(34)28(35)32(24)30-31-18(3)27(40-30)29(36)39-15-6-2/h6,8-14,17,24,33H,2,5,7,15-16H2,1,3-4H3/b25-23+. The lowest BCUT2D eigenvalue weighted by atomic mass is 9.95. The molecule has 3 aromatic rings. The first kappa shape index (κ1) is 28.6. The molecular formula is C30H30N2O7S. The molecule has 2 aromatic carbocycles. The highest BCUT2D eigenvalue weighted by atomic mass is 32.1. The van der Waals surface area contributed by atoms with Gasteiger partial charge in [0.25, 0.3) is 5.78 Å². The molecule has 1 saturated heterocycles. The van der Waals surface area contributed by atoms with Crippen molar-refractivity contribution >= 4 is 39.9 Å². The first-order chi connectivity index (χ1) is 19.3. The zero-order chi connectivity index (χ0) is 28.8. The van der Waals surface area contributed by atoms with E-state index in [0.717, 1.165) is 24.2 Å². The Morgan fingerprint density at radius 1 is 1.18 bits per heavy atom. The minimum atomic E-state index is -1.03. The van der Waals surface area contributed by atoms with Crippen LogP contribution in [0.4, 0.5) is 5.13 Å². The van der Waals surface area contributed by atoms with Crippen molar-refractivity contribution in [3.05, 3.63) is 88.5 Å². The van der Waals surface area contributed by atoms with Gasteiger partial charge in [0.2, 0.25) is 0 Å². The van der Waals surface area contributed by atoms with Crippen LogP contribution in [0, 0.1) is 6.92 Å². The number of Topliss-reactive ketones (excluding diaryl/α,β-unsaturated/α-hetero) is 1. The van der Waals surface area contributed by atoms with E-state index in [-0.39, 0.29) is 27.9 Å². The summed E-state index contributed by atoms with van der Waals surface area (Å²) in [4.78, 5) is 45.4. The number of aromatic nitrogens is 1. The van der Waals surface area contributed by atoms with Gasteiger partial charge in [0.05, 0.1) is 31.0 Å². The Kier molecular flexibility index (Phi) is 9.00. The quantitative estimate of drug-likeness (QED) is 0.0801. The average Bonchev–Trinajstić information content (AvgIpc) is 3.48. The van der Waals surface area contributed by atoms with E-state index in [1.165, 1.54) is 18.1 Å². The maximum absolute atomic E-state index is 13.5. The van der Waals surface area contributed by atoms with Crippen molar-refractivity contribution in [2.45, 2.75) is 32.7 Å². The zero-order valence-corrected chi connectivity index (χ0v) is 23.3. The number of methoxy groups -OCH3 is 1. The molecule has 1 aliphatic rings. The number of amides is 1. The van der Waals surface area contributed by atoms with Gasteiger partial charge in [-0.2, -0.15) is 0 Å². The van der Waals surface area contributed by atoms with Crippen LogP contribution in [0.15, 0.2) is 66.8 Å². The molecule has 0 aliphatic carbocycles. The van der Waals surface area contributed by atoms with Crippen LogP contribution in [0.3, 0.4) is 0 Å². The zero-order valence-electron chi connectivity index (χ0n) is 22.5. The maximum atomic E-state index is 13.5. The summed E-state index contributed by atoms with van der Waals surface area (Å²) in [6, 6.07) is 12.5. The van der Waals surface area contributed by atoms with Crippen molar-refractivity contribution in [2.24, 2.45) is 0 Å². The van der Waals surface area contributed by atoms with Crippen LogP contribution in [0.1, 0.15) is 52.3 Å². The lowest BCUT2D eigenvalue weighted by Gasteiger charge is -2.23. The van der Waals surface area contributed by atoms with Gasteiger partial charge in [-0.05, 0) is 55.3 Å². The molecular weight excluding hydrogens is 532 g/mol. The van der Waals surface area contributed by atoms with E-state index < -0.39 is 23.7 Å². The van der Waals surface area contributed by atoms with Crippen LogP contribution in [-0.4, -0.2) is 48.1 Å². The number of anilines is 1. The molecule has 1 aromatic heterocycles. The number of nitrogens with zero attached hydrogens (tertiary/aromatic N) is 2. The summed E-state index contributed by atoms with van der Waals surface area (Å²) in [5.41, 5.74) is 1.11. The summed E-state index contributed by atoms with van der Waals surface area (Å²) in [5.74, 6) is -1.58. The SMILES string of the molecule is C=CCOC(=O)c1sc(N2C(=O)C(=O)/C(=C(/O)c3ccc(OC)cc3)C2c2cccc(OCCCC)c2)nc1C. The number of esters is 1. The lowest BCUT2D eigenvalue weighted by molar-refractivity contribution is -0.132. The monoisotopic (exact) mass is 562 g/mol. The van der Waals surface area contributed by atoms with Gasteiger partial charge < -0.3 is 19.3 Å². The van der Waals surface area contributed by atoms with Gasteiger partial charge in [-0.3, -0.25) is 14.5 Å². The lowest BCUT2D eigenvalue weighted by Crippen LogP contribution is -2.29. The Hall–Kier alpha value is -4.44.